The Labute approximate surface area is 168 Å². The van der Waals surface area contributed by atoms with Gasteiger partial charge in [0.05, 0.1) is 24.2 Å². The van der Waals surface area contributed by atoms with Gasteiger partial charge in [-0.2, -0.15) is 5.11 Å². The molecule has 0 saturated heterocycles. The lowest BCUT2D eigenvalue weighted by Crippen LogP contribution is -2.12. The van der Waals surface area contributed by atoms with Crippen molar-refractivity contribution in [3.63, 3.8) is 0 Å². The predicted octanol–water partition coefficient (Wildman–Crippen LogP) is 5.91. The van der Waals surface area contributed by atoms with Crippen molar-refractivity contribution in [1.29, 1.82) is 0 Å². The molecule has 6 nitrogen and oxygen atoms in total. The average molecular weight is 395 g/mol. The highest BCUT2D eigenvalue weighted by atomic mass is 35.5. The molecular formula is C21H19ClN4O2. The van der Waals surface area contributed by atoms with Gasteiger partial charge >= 0.3 is 0 Å². The van der Waals surface area contributed by atoms with Gasteiger partial charge in [0.25, 0.3) is 5.91 Å². The van der Waals surface area contributed by atoms with Gasteiger partial charge in [-0.25, -0.2) is 0 Å². The van der Waals surface area contributed by atoms with Crippen LogP contribution in [0.5, 0.6) is 5.75 Å². The Kier molecular flexibility index (Phi) is 5.91. The molecule has 142 valence electrons. The molecule has 1 amide bonds. The van der Waals surface area contributed by atoms with Crippen molar-refractivity contribution >= 4 is 40.3 Å². The molecule has 0 aliphatic carbocycles. The third-order valence-electron chi connectivity index (χ3n) is 4.06. The average Bonchev–Trinajstić information content (AvgIpc) is 2.69. The number of rotatable bonds is 5. The predicted molar refractivity (Wildman–Crippen MR) is 112 cm³/mol. The maximum absolute atomic E-state index is 12.5. The fourth-order valence-electron chi connectivity index (χ4n) is 2.57. The van der Waals surface area contributed by atoms with Gasteiger partial charge in [-0.15, -0.1) is 5.11 Å². The van der Waals surface area contributed by atoms with Crippen molar-refractivity contribution in [1.82, 2.24) is 0 Å². The van der Waals surface area contributed by atoms with Crippen LogP contribution in [0.2, 0.25) is 5.02 Å². The summed E-state index contributed by atoms with van der Waals surface area (Å²) in [6.45, 7) is 1.89. The first-order valence-electron chi connectivity index (χ1n) is 8.49. The van der Waals surface area contributed by atoms with E-state index in [2.05, 4.69) is 15.5 Å². The number of carbonyl (C=O) groups excluding carboxylic acids is 1. The maximum atomic E-state index is 12.5. The second-order valence-corrected chi connectivity index (χ2v) is 6.50. The number of hydrogen-bond donors (Lipinski definition) is 2. The molecule has 3 aromatic carbocycles. The number of benzene rings is 3. The third-order valence-corrected chi connectivity index (χ3v) is 4.29. The minimum Gasteiger partial charge on any atom is -0.495 e. The molecule has 0 aliphatic rings. The molecular weight excluding hydrogens is 376 g/mol. The number of amides is 1. The second kappa shape index (κ2) is 8.54. The minimum absolute atomic E-state index is 0.274. The molecule has 0 spiro atoms. The summed E-state index contributed by atoms with van der Waals surface area (Å²) in [5.74, 6) is 0.170. The number of nitrogens with two attached hydrogens (primary N) is 1. The van der Waals surface area contributed by atoms with E-state index in [0.29, 0.717) is 39.1 Å². The Morgan fingerprint density at radius 2 is 1.75 bits per heavy atom. The zero-order valence-electron chi connectivity index (χ0n) is 15.4. The molecule has 0 unspecified atom stereocenters. The number of anilines is 2. The van der Waals surface area contributed by atoms with Crippen LogP contribution in [0.3, 0.4) is 0 Å². The second-order valence-electron chi connectivity index (χ2n) is 6.06. The van der Waals surface area contributed by atoms with Crippen LogP contribution in [0, 0.1) is 6.92 Å². The molecule has 0 aliphatic heterocycles. The SMILES string of the molecule is COc1cc(/N=N/c2ccc(Cl)cc2C)c(NC(=O)c2ccccc2)cc1N. The Bertz CT molecular complexity index is 1040. The van der Waals surface area contributed by atoms with Crippen molar-refractivity contribution in [2.24, 2.45) is 10.2 Å². The number of aryl methyl sites for hydroxylation is 1. The van der Waals surface area contributed by atoms with Crippen molar-refractivity contribution in [3.05, 3.63) is 76.8 Å². The number of nitrogens with one attached hydrogen (secondary N) is 1. The number of azo groups is 1. The highest BCUT2D eigenvalue weighted by Crippen LogP contribution is 2.36. The lowest BCUT2D eigenvalue weighted by molar-refractivity contribution is 0.102. The molecule has 7 heteroatoms. The quantitative estimate of drug-likeness (QED) is 0.416. The number of nitrogens with zero attached hydrogens (tertiary/aromatic N) is 2. The van der Waals surface area contributed by atoms with E-state index in [-0.39, 0.29) is 5.91 Å². The van der Waals surface area contributed by atoms with Gasteiger partial charge in [-0.05, 0) is 48.9 Å². The third kappa shape index (κ3) is 4.47. The lowest BCUT2D eigenvalue weighted by atomic mass is 10.2. The van der Waals surface area contributed by atoms with E-state index >= 15 is 0 Å². The van der Waals surface area contributed by atoms with Gasteiger partial charge in [-0.3, -0.25) is 4.79 Å². The van der Waals surface area contributed by atoms with Gasteiger partial charge in [0.1, 0.15) is 11.4 Å². The number of methoxy groups -OCH3 is 1. The van der Waals surface area contributed by atoms with Gasteiger partial charge in [0.2, 0.25) is 0 Å². The topological polar surface area (TPSA) is 89.1 Å². The number of hydrogen-bond acceptors (Lipinski definition) is 5. The van der Waals surface area contributed by atoms with Gasteiger partial charge in [-0.1, -0.05) is 29.8 Å². The maximum Gasteiger partial charge on any atom is 0.255 e. The number of nitrogen functional groups attached to an aromatic ring is 1. The lowest BCUT2D eigenvalue weighted by Gasteiger charge is -2.12. The molecule has 3 aromatic rings. The van der Waals surface area contributed by atoms with Crippen molar-refractivity contribution in [3.8, 4) is 5.75 Å². The minimum atomic E-state index is -0.274. The van der Waals surface area contributed by atoms with E-state index in [4.69, 9.17) is 22.1 Å². The van der Waals surface area contributed by atoms with Crippen LogP contribution in [0.25, 0.3) is 0 Å². The first-order valence-corrected chi connectivity index (χ1v) is 8.87. The van der Waals surface area contributed by atoms with Gasteiger partial charge in [0.15, 0.2) is 0 Å². The van der Waals surface area contributed by atoms with E-state index < -0.39 is 0 Å². The summed E-state index contributed by atoms with van der Waals surface area (Å²) in [5, 5.41) is 12.0. The fourth-order valence-corrected chi connectivity index (χ4v) is 2.79. The van der Waals surface area contributed by atoms with E-state index in [1.807, 2.05) is 13.0 Å². The highest BCUT2D eigenvalue weighted by Gasteiger charge is 2.13. The normalized spacial score (nSPS) is 10.8. The van der Waals surface area contributed by atoms with E-state index in [9.17, 15) is 4.79 Å². The Balaban J connectivity index is 1.96. The number of halogens is 1. The summed E-state index contributed by atoms with van der Waals surface area (Å²) in [6.07, 6.45) is 0. The van der Waals surface area contributed by atoms with Crippen LogP contribution in [0.15, 0.2) is 70.9 Å². The van der Waals surface area contributed by atoms with Crippen LogP contribution in [0.1, 0.15) is 15.9 Å². The summed E-state index contributed by atoms with van der Waals surface area (Å²) in [5.41, 5.74) is 9.31. The van der Waals surface area contributed by atoms with Crippen LogP contribution in [-0.2, 0) is 0 Å². The van der Waals surface area contributed by atoms with E-state index in [1.54, 1.807) is 54.6 Å². The van der Waals surface area contributed by atoms with Crippen molar-refractivity contribution < 1.29 is 9.53 Å². The zero-order chi connectivity index (χ0) is 20.1. The molecule has 0 heterocycles. The molecule has 0 bridgehead atoms. The highest BCUT2D eigenvalue weighted by molar-refractivity contribution is 6.30. The molecule has 0 atom stereocenters. The first kappa shape index (κ1) is 19.4. The van der Waals surface area contributed by atoms with Crippen molar-refractivity contribution in [2.45, 2.75) is 6.92 Å². The molecule has 0 radical (unpaired) electrons. The largest absolute Gasteiger partial charge is 0.495 e. The van der Waals surface area contributed by atoms with Crippen LogP contribution < -0.4 is 15.8 Å². The summed E-state index contributed by atoms with van der Waals surface area (Å²) in [6, 6.07) is 17.4. The Morgan fingerprint density at radius 1 is 1.04 bits per heavy atom. The number of carbonyl (C=O) groups is 1. The Hall–Kier alpha value is -3.38. The zero-order valence-corrected chi connectivity index (χ0v) is 16.2. The summed E-state index contributed by atoms with van der Waals surface area (Å²) in [4.78, 5) is 12.5. The smallest absolute Gasteiger partial charge is 0.255 e. The van der Waals surface area contributed by atoms with Crippen LogP contribution >= 0.6 is 11.6 Å². The van der Waals surface area contributed by atoms with Crippen LogP contribution in [0.4, 0.5) is 22.7 Å². The standard InChI is InChI=1S/C21H19ClN4O2/c1-13-10-15(22)8-9-17(13)25-26-19-12-20(28-2)16(23)11-18(19)24-21(27)14-6-4-3-5-7-14/h3-12H,23H2,1-2H3,(H,24,27)/b26-25+. The van der Waals surface area contributed by atoms with Crippen molar-refractivity contribution in [2.75, 3.05) is 18.2 Å². The molecule has 0 saturated carbocycles. The van der Waals surface area contributed by atoms with Gasteiger partial charge in [0, 0.05) is 16.7 Å². The molecule has 28 heavy (non-hydrogen) atoms. The van der Waals surface area contributed by atoms with Crippen LogP contribution in [-0.4, -0.2) is 13.0 Å². The van der Waals surface area contributed by atoms with E-state index in [0.717, 1.165) is 5.56 Å². The molecule has 3 N–H and O–H groups in total. The Morgan fingerprint density at radius 3 is 2.43 bits per heavy atom. The van der Waals surface area contributed by atoms with Gasteiger partial charge < -0.3 is 15.8 Å². The summed E-state index contributed by atoms with van der Waals surface area (Å²) < 4.78 is 5.26. The van der Waals surface area contributed by atoms with E-state index in [1.165, 1.54) is 7.11 Å². The fraction of sp³-hybridized carbons (Fsp3) is 0.0952. The molecule has 3 rings (SSSR count). The monoisotopic (exact) mass is 394 g/mol. The summed E-state index contributed by atoms with van der Waals surface area (Å²) >= 11 is 5.98. The first-order chi connectivity index (χ1) is 13.5. The molecule has 0 fully saturated rings. The number of ether oxygens (including phenoxy) is 1. The molecule has 0 aromatic heterocycles. The summed E-state index contributed by atoms with van der Waals surface area (Å²) in [7, 11) is 1.51.